The first-order valence-corrected chi connectivity index (χ1v) is 5.14. The molecule has 5 nitrogen and oxygen atoms in total. The van der Waals surface area contributed by atoms with Crippen LogP contribution in [0.1, 0.15) is 31.0 Å². The quantitative estimate of drug-likeness (QED) is 0.853. The Morgan fingerprint density at radius 3 is 2.94 bits per heavy atom. The van der Waals surface area contributed by atoms with Gasteiger partial charge < -0.3 is 10.4 Å². The summed E-state index contributed by atoms with van der Waals surface area (Å²) in [5.74, 6) is 0. The Hall–Kier alpha value is -0.360. The van der Waals surface area contributed by atoms with E-state index in [1.165, 1.54) is 6.42 Å². The fraction of sp³-hybridized carbons (Fsp3) is 0.778. The van der Waals surface area contributed by atoms with Crippen molar-refractivity contribution in [2.75, 3.05) is 13.2 Å². The van der Waals surface area contributed by atoms with Crippen molar-refractivity contribution in [2.45, 2.75) is 31.8 Å². The minimum atomic E-state index is 0. The number of aliphatic hydroxyl groups is 1. The Bertz CT molecular complexity index is 289. The standard InChI is InChI=1S/C9H16N4O.2ClH/c14-6-2-5-13-7-9(11-12-13)8-3-1-4-10-8;;/h7-8,10,14H,1-6H2;2*1H. The largest absolute Gasteiger partial charge is 0.396 e. The second kappa shape index (κ2) is 7.84. The fourth-order valence-corrected chi connectivity index (χ4v) is 1.75. The summed E-state index contributed by atoms with van der Waals surface area (Å²) in [5, 5.41) is 20.2. The van der Waals surface area contributed by atoms with Crippen LogP contribution in [0.15, 0.2) is 6.20 Å². The Morgan fingerprint density at radius 2 is 2.31 bits per heavy atom. The van der Waals surface area contributed by atoms with E-state index in [1.807, 2.05) is 6.20 Å². The molecule has 0 amide bonds. The maximum atomic E-state index is 8.67. The first-order valence-electron chi connectivity index (χ1n) is 5.14. The van der Waals surface area contributed by atoms with Crippen LogP contribution < -0.4 is 5.32 Å². The minimum Gasteiger partial charge on any atom is -0.396 e. The van der Waals surface area contributed by atoms with Crippen molar-refractivity contribution in [3.8, 4) is 0 Å². The number of aromatic nitrogens is 3. The second-order valence-electron chi connectivity index (χ2n) is 3.63. The van der Waals surface area contributed by atoms with E-state index >= 15 is 0 Å². The van der Waals surface area contributed by atoms with Crippen LogP contribution in [0, 0.1) is 0 Å². The van der Waals surface area contributed by atoms with Gasteiger partial charge in [0, 0.05) is 13.2 Å². The first kappa shape index (κ1) is 15.6. The normalized spacial score (nSPS) is 18.9. The number of aryl methyl sites for hydroxylation is 1. The van der Waals surface area contributed by atoms with Crippen LogP contribution in [0.25, 0.3) is 0 Å². The summed E-state index contributed by atoms with van der Waals surface area (Å²) in [5.41, 5.74) is 1.03. The summed E-state index contributed by atoms with van der Waals surface area (Å²) < 4.78 is 1.80. The van der Waals surface area contributed by atoms with Crippen molar-refractivity contribution in [1.82, 2.24) is 20.3 Å². The molecule has 1 unspecified atom stereocenters. The van der Waals surface area contributed by atoms with Gasteiger partial charge in [0.2, 0.25) is 0 Å². The van der Waals surface area contributed by atoms with E-state index in [4.69, 9.17) is 5.11 Å². The van der Waals surface area contributed by atoms with Crippen LogP contribution in [-0.4, -0.2) is 33.3 Å². The SMILES string of the molecule is Cl.Cl.OCCCn1cc(C2CCCN2)nn1. The van der Waals surface area contributed by atoms with Crippen molar-refractivity contribution in [2.24, 2.45) is 0 Å². The molecule has 1 aliphatic heterocycles. The number of halogens is 2. The van der Waals surface area contributed by atoms with Gasteiger partial charge in [-0.05, 0) is 25.8 Å². The molecule has 7 heteroatoms. The van der Waals surface area contributed by atoms with E-state index < -0.39 is 0 Å². The van der Waals surface area contributed by atoms with Crippen LogP contribution >= 0.6 is 24.8 Å². The van der Waals surface area contributed by atoms with E-state index in [0.29, 0.717) is 6.04 Å². The Morgan fingerprint density at radius 1 is 1.50 bits per heavy atom. The van der Waals surface area contributed by atoms with Gasteiger partial charge in [0.05, 0.1) is 17.9 Å². The molecule has 1 aliphatic rings. The number of rotatable bonds is 4. The second-order valence-corrected chi connectivity index (χ2v) is 3.63. The summed E-state index contributed by atoms with van der Waals surface area (Å²) in [6, 6.07) is 0.387. The number of nitrogens with one attached hydrogen (secondary N) is 1. The highest BCUT2D eigenvalue weighted by Gasteiger charge is 2.18. The molecule has 0 saturated carbocycles. The lowest BCUT2D eigenvalue weighted by atomic mass is 10.2. The zero-order valence-corrected chi connectivity index (χ0v) is 10.6. The van der Waals surface area contributed by atoms with Gasteiger partial charge in [0.15, 0.2) is 0 Å². The molecule has 0 aromatic carbocycles. The number of hydrogen-bond donors (Lipinski definition) is 2. The summed E-state index contributed by atoms with van der Waals surface area (Å²) in [6.07, 6.45) is 5.08. The third-order valence-corrected chi connectivity index (χ3v) is 2.52. The predicted molar refractivity (Wildman–Crippen MR) is 66.2 cm³/mol. The summed E-state index contributed by atoms with van der Waals surface area (Å²) in [7, 11) is 0. The van der Waals surface area contributed by atoms with Crippen molar-refractivity contribution in [3.05, 3.63) is 11.9 Å². The van der Waals surface area contributed by atoms with Gasteiger partial charge in [-0.15, -0.1) is 29.9 Å². The average molecular weight is 269 g/mol. The summed E-state index contributed by atoms with van der Waals surface area (Å²) in [6.45, 7) is 2.03. The molecule has 0 bridgehead atoms. The average Bonchev–Trinajstić information content (AvgIpc) is 2.85. The molecule has 16 heavy (non-hydrogen) atoms. The fourth-order valence-electron chi connectivity index (χ4n) is 1.75. The Kier molecular flexibility index (Phi) is 7.66. The first-order chi connectivity index (χ1) is 6.90. The monoisotopic (exact) mass is 268 g/mol. The van der Waals surface area contributed by atoms with Crippen molar-refractivity contribution in [3.63, 3.8) is 0 Å². The van der Waals surface area contributed by atoms with Gasteiger partial charge in [0.1, 0.15) is 0 Å². The van der Waals surface area contributed by atoms with Gasteiger partial charge in [0.25, 0.3) is 0 Å². The lowest BCUT2D eigenvalue weighted by Crippen LogP contribution is -2.13. The highest BCUT2D eigenvalue weighted by molar-refractivity contribution is 5.85. The van der Waals surface area contributed by atoms with E-state index in [-0.39, 0.29) is 31.4 Å². The van der Waals surface area contributed by atoms with Gasteiger partial charge in [-0.1, -0.05) is 5.21 Å². The molecule has 94 valence electrons. The van der Waals surface area contributed by atoms with Gasteiger partial charge >= 0.3 is 0 Å². The number of aliphatic hydroxyl groups excluding tert-OH is 1. The minimum absolute atomic E-state index is 0. The third-order valence-electron chi connectivity index (χ3n) is 2.52. The zero-order valence-electron chi connectivity index (χ0n) is 9.00. The van der Waals surface area contributed by atoms with E-state index in [1.54, 1.807) is 4.68 Å². The number of nitrogens with zero attached hydrogens (tertiary/aromatic N) is 3. The molecular formula is C9H18Cl2N4O. The van der Waals surface area contributed by atoms with Gasteiger partial charge in [-0.3, -0.25) is 4.68 Å². The van der Waals surface area contributed by atoms with Crippen molar-refractivity contribution >= 4 is 24.8 Å². The summed E-state index contributed by atoms with van der Waals surface area (Å²) >= 11 is 0. The molecular weight excluding hydrogens is 251 g/mol. The van der Waals surface area contributed by atoms with Crippen LogP contribution in [0.4, 0.5) is 0 Å². The lowest BCUT2D eigenvalue weighted by Gasteiger charge is -2.03. The maximum absolute atomic E-state index is 8.67. The molecule has 2 N–H and O–H groups in total. The molecule has 1 atom stereocenters. The van der Waals surface area contributed by atoms with Crippen LogP contribution in [0.5, 0.6) is 0 Å². The topological polar surface area (TPSA) is 63.0 Å². The van der Waals surface area contributed by atoms with Crippen LogP contribution in [-0.2, 0) is 6.54 Å². The van der Waals surface area contributed by atoms with Gasteiger partial charge in [-0.25, -0.2) is 0 Å². The molecule has 1 saturated heterocycles. The van der Waals surface area contributed by atoms with E-state index in [0.717, 1.165) is 31.6 Å². The van der Waals surface area contributed by atoms with E-state index in [2.05, 4.69) is 15.6 Å². The van der Waals surface area contributed by atoms with Crippen molar-refractivity contribution < 1.29 is 5.11 Å². The van der Waals surface area contributed by atoms with Crippen LogP contribution in [0.2, 0.25) is 0 Å². The lowest BCUT2D eigenvalue weighted by molar-refractivity contribution is 0.276. The predicted octanol–water partition coefficient (Wildman–Crippen LogP) is 0.929. The molecule has 1 fully saturated rings. The molecule has 0 spiro atoms. The maximum Gasteiger partial charge on any atom is 0.0996 e. The van der Waals surface area contributed by atoms with E-state index in [9.17, 15) is 0 Å². The highest BCUT2D eigenvalue weighted by atomic mass is 35.5. The number of hydrogen-bond acceptors (Lipinski definition) is 4. The van der Waals surface area contributed by atoms with Crippen LogP contribution in [0.3, 0.4) is 0 Å². The zero-order chi connectivity index (χ0) is 9.80. The molecule has 0 aliphatic carbocycles. The summed E-state index contributed by atoms with van der Waals surface area (Å²) in [4.78, 5) is 0. The van der Waals surface area contributed by atoms with Gasteiger partial charge in [-0.2, -0.15) is 0 Å². The Balaban J connectivity index is 0.00000112. The molecule has 2 rings (SSSR count). The third kappa shape index (κ3) is 3.90. The molecule has 1 aromatic rings. The smallest absolute Gasteiger partial charge is 0.0996 e. The Labute approximate surface area is 107 Å². The molecule has 2 heterocycles. The molecule has 0 radical (unpaired) electrons. The molecule has 1 aromatic heterocycles. The van der Waals surface area contributed by atoms with Crippen molar-refractivity contribution in [1.29, 1.82) is 0 Å². The highest BCUT2D eigenvalue weighted by Crippen LogP contribution is 2.20.